The molecule has 0 spiro atoms. The van der Waals surface area contributed by atoms with Gasteiger partial charge in [0.15, 0.2) is 0 Å². The zero-order valence-corrected chi connectivity index (χ0v) is 9.05. The van der Waals surface area contributed by atoms with Crippen LogP contribution < -0.4 is 9.88 Å². The first-order valence-electron chi connectivity index (χ1n) is 4.16. The Kier molecular flexibility index (Phi) is 3.65. The number of primary sulfonamides is 1. The van der Waals surface area contributed by atoms with Crippen LogP contribution in [0.2, 0.25) is 0 Å². The van der Waals surface area contributed by atoms with Gasteiger partial charge in [0, 0.05) is 0 Å². The molecule has 0 radical (unpaired) electrons. The summed E-state index contributed by atoms with van der Waals surface area (Å²) in [5.74, 6) is -0.933. The smallest absolute Gasteiger partial charge is 0.404 e. The molecular formula is C8H8F3NO4S. The number of ether oxygens (including phenoxy) is 1. The van der Waals surface area contributed by atoms with Gasteiger partial charge in [-0.2, -0.15) is 0 Å². The number of rotatable bonds is 3. The highest BCUT2D eigenvalue weighted by Crippen LogP contribution is 2.29. The van der Waals surface area contributed by atoms with E-state index in [1.165, 1.54) is 0 Å². The van der Waals surface area contributed by atoms with Crippen LogP contribution in [-0.2, 0) is 16.6 Å². The van der Waals surface area contributed by atoms with E-state index in [1.807, 2.05) is 0 Å². The summed E-state index contributed by atoms with van der Waals surface area (Å²) in [4.78, 5) is -0.832. The van der Waals surface area contributed by atoms with Gasteiger partial charge in [-0.25, -0.2) is 13.6 Å². The van der Waals surface area contributed by atoms with Crippen molar-refractivity contribution >= 4 is 10.0 Å². The van der Waals surface area contributed by atoms with Gasteiger partial charge >= 0.3 is 6.36 Å². The normalized spacial score (nSPS) is 12.5. The minimum atomic E-state index is -5.03. The number of hydrogen-bond donors (Lipinski definition) is 2. The van der Waals surface area contributed by atoms with Crippen LogP contribution in [-0.4, -0.2) is 19.9 Å². The lowest BCUT2D eigenvalue weighted by Crippen LogP contribution is -2.21. The summed E-state index contributed by atoms with van der Waals surface area (Å²) in [6.45, 7) is -0.533. The third-order valence-electron chi connectivity index (χ3n) is 1.72. The van der Waals surface area contributed by atoms with Crippen molar-refractivity contribution in [1.82, 2.24) is 0 Å². The predicted octanol–water partition coefficient (Wildman–Crippen LogP) is 0.725. The molecule has 0 aliphatic rings. The van der Waals surface area contributed by atoms with Crippen molar-refractivity contribution in [3.63, 3.8) is 0 Å². The molecule has 0 saturated heterocycles. The van der Waals surface area contributed by atoms with E-state index >= 15 is 0 Å². The lowest BCUT2D eigenvalue weighted by molar-refractivity contribution is -0.275. The predicted molar refractivity (Wildman–Crippen MR) is 50.4 cm³/mol. The van der Waals surface area contributed by atoms with E-state index in [0.717, 1.165) is 18.2 Å². The Morgan fingerprint density at radius 3 is 2.35 bits per heavy atom. The highest BCUT2D eigenvalue weighted by molar-refractivity contribution is 7.89. The van der Waals surface area contributed by atoms with E-state index in [-0.39, 0.29) is 5.56 Å². The molecule has 9 heteroatoms. The molecule has 0 aliphatic carbocycles. The van der Waals surface area contributed by atoms with Gasteiger partial charge in [0.05, 0.1) is 6.61 Å². The van der Waals surface area contributed by atoms with Crippen LogP contribution in [0.5, 0.6) is 5.75 Å². The fourth-order valence-electron chi connectivity index (χ4n) is 1.08. The lowest BCUT2D eigenvalue weighted by Gasteiger charge is -2.12. The van der Waals surface area contributed by atoms with E-state index in [1.54, 1.807) is 0 Å². The highest BCUT2D eigenvalue weighted by Gasteiger charge is 2.33. The van der Waals surface area contributed by atoms with Crippen LogP contribution in [0, 0.1) is 0 Å². The number of halogens is 3. The Bertz CT molecular complexity index is 512. The van der Waals surface area contributed by atoms with Crippen molar-refractivity contribution in [3.8, 4) is 5.75 Å². The second-order valence-electron chi connectivity index (χ2n) is 3.03. The van der Waals surface area contributed by atoms with Crippen molar-refractivity contribution in [2.24, 2.45) is 5.14 Å². The molecule has 0 bridgehead atoms. The number of aliphatic hydroxyl groups excluding tert-OH is 1. The number of nitrogens with two attached hydrogens (primary N) is 1. The van der Waals surface area contributed by atoms with Gasteiger partial charge in [0.1, 0.15) is 10.6 Å². The number of hydrogen-bond acceptors (Lipinski definition) is 4. The summed E-state index contributed by atoms with van der Waals surface area (Å²) in [6, 6.07) is 2.69. The van der Waals surface area contributed by atoms with Crippen molar-refractivity contribution in [2.75, 3.05) is 0 Å². The molecule has 0 saturated carbocycles. The molecule has 0 heterocycles. The first-order valence-corrected chi connectivity index (χ1v) is 5.70. The molecule has 0 aliphatic heterocycles. The molecule has 17 heavy (non-hydrogen) atoms. The summed E-state index contributed by atoms with van der Waals surface area (Å²) < 4.78 is 61.6. The molecule has 0 atom stereocenters. The second-order valence-corrected chi connectivity index (χ2v) is 4.56. The summed E-state index contributed by atoms with van der Waals surface area (Å²) >= 11 is 0. The molecule has 1 rings (SSSR count). The zero-order chi connectivity index (χ0) is 13.3. The monoisotopic (exact) mass is 271 g/mol. The van der Waals surface area contributed by atoms with Crippen molar-refractivity contribution < 1.29 is 31.4 Å². The molecule has 0 fully saturated rings. The summed E-state index contributed by atoms with van der Waals surface area (Å²) in [6.07, 6.45) is -5.03. The molecule has 1 aromatic carbocycles. The maximum Gasteiger partial charge on any atom is 0.573 e. The number of alkyl halides is 3. The minimum Gasteiger partial charge on any atom is -0.404 e. The second kappa shape index (κ2) is 4.51. The highest BCUT2D eigenvalue weighted by atomic mass is 32.2. The van der Waals surface area contributed by atoms with Crippen LogP contribution in [0.3, 0.4) is 0 Å². The Hall–Kier alpha value is -1.32. The summed E-state index contributed by atoms with van der Waals surface area (Å²) in [5, 5.41) is 13.5. The van der Waals surface area contributed by atoms with Gasteiger partial charge in [-0.05, 0) is 17.7 Å². The van der Waals surface area contributed by atoms with E-state index in [0.29, 0.717) is 0 Å². The Balaban J connectivity index is 3.31. The molecular weight excluding hydrogens is 263 g/mol. The number of benzene rings is 1. The van der Waals surface area contributed by atoms with Gasteiger partial charge in [0.2, 0.25) is 10.0 Å². The van der Waals surface area contributed by atoms with Gasteiger partial charge in [-0.1, -0.05) is 6.07 Å². The Labute approximate surface area is 94.7 Å². The Morgan fingerprint density at radius 2 is 1.94 bits per heavy atom. The SMILES string of the molecule is NS(=O)(=O)c1cc(CO)ccc1OC(F)(F)F. The topological polar surface area (TPSA) is 89.6 Å². The van der Waals surface area contributed by atoms with Crippen molar-refractivity contribution in [2.45, 2.75) is 17.9 Å². The van der Waals surface area contributed by atoms with Gasteiger partial charge in [0.25, 0.3) is 0 Å². The average molecular weight is 271 g/mol. The minimum absolute atomic E-state index is 0.101. The standard InChI is InChI=1S/C8H8F3NO4S/c9-8(10,11)16-6-2-1-5(4-13)3-7(6)17(12,14)15/h1-3,13H,4H2,(H2,12,14,15). The first kappa shape index (κ1) is 13.7. The molecule has 5 nitrogen and oxygen atoms in total. The molecule has 0 unspecified atom stereocenters. The number of sulfonamides is 1. The molecule has 0 aromatic heterocycles. The van der Waals surface area contributed by atoms with Gasteiger partial charge < -0.3 is 9.84 Å². The third kappa shape index (κ3) is 3.88. The first-order chi connectivity index (χ1) is 7.63. The lowest BCUT2D eigenvalue weighted by atomic mass is 10.2. The third-order valence-corrected chi connectivity index (χ3v) is 2.65. The van der Waals surface area contributed by atoms with E-state index in [4.69, 9.17) is 10.2 Å². The van der Waals surface area contributed by atoms with Crippen LogP contribution in [0.25, 0.3) is 0 Å². The van der Waals surface area contributed by atoms with Gasteiger partial charge in [-0.15, -0.1) is 13.2 Å². The quantitative estimate of drug-likeness (QED) is 0.847. The Morgan fingerprint density at radius 1 is 1.35 bits per heavy atom. The molecule has 0 amide bonds. The fourth-order valence-corrected chi connectivity index (χ4v) is 1.79. The van der Waals surface area contributed by atoms with Gasteiger partial charge in [-0.3, -0.25) is 0 Å². The van der Waals surface area contributed by atoms with Crippen LogP contribution in [0.4, 0.5) is 13.2 Å². The fraction of sp³-hybridized carbons (Fsp3) is 0.250. The van der Waals surface area contributed by atoms with Crippen LogP contribution in [0.1, 0.15) is 5.56 Å². The maximum absolute atomic E-state index is 12.0. The van der Waals surface area contributed by atoms with E-state index < -0.39 is 33.6 Å². The maximum atomic E-state index is 12.0. The molecule has 1 aromatic rings. The van der Waals surface area contributed by atoms with E-state index in [9.17, 15) is 21.6 Å². The number of aliphatic hydroxyl groups is 1. The average Bonchev–Trinajstić information content (AvgIpc) is 2.14. The van der Waals surface area contributed by atoms with Crippen LogP contribution in [0.15, 0.2) is 23.1 Å². The van der Waals surface area contributed by atoms with Crippen molar-refractivity contribution in [1.29, 1.82) is 0 Å². The van der Waals surface area contributed by atoms with E-state index in [2.05, 4.69) is 4.74 Å². The van der Waals surface area contributed by atoms with Crippen LogP contribution >= 0.6 is 0 Å². The van der Waals surface area contributed by atoms with Crippen molar-refractivity contribution in [3.05, 3.63) is 23.8 Å². The largest absolute Gasteiger partial charge is 0.573 e. The molecule has 96 valence electrons. The zero-order valence-electron chi connectivity index (χ0n) is 8.23. The summed E-state index contributed by atoms with van der Waals surface area (Å²) in [7, 11) is -4.37. The summed E-state index contributed by atoms with van der Waals surface area (Å²) in [5.41, 5.74) is 0.101. The molecule has 3 N–H and O–H groups in total.